The van der Waals surface area contributed by atoms with Gasteiger partial charge in [-0.15, -0.1) is 13.2 Å². The van der Waals surface area contributed by atoms with Crippen LogP contribution in [0.25, 0.3) is 0 Å². The van der Waals surface area contributed by atoms with Crippen LogP contribution in [-0.4, -0.2) is 80.5 Å². The lowest BCUT2D eigenvalue weighted by atomic mass is 10.1. The van der Waals surface area contributed by atoms with Gasteiger partial charge in [0.2, 0.25) is 0 Å². The van der Waals surface area contributed by atoms with E-state index in [9.17, 15) is 18.0 Å². The Hall–Kier alpha value is -3.02. The standard InChI is InChI=1S/C24H25F3N2O6/c25-24(26,27)35-19-4-2-18(3-5-19)22(30)29-8-10-34-23(16-29)15-28(7-9-33-23)14-17-1-6-20-21(13-17)32-12-11-31-20/h1-6,13H,7-12,14-16H2. The van der Waals surface area contributed by atoms with E-state index < -0.39 is 12.1 Å². The molecule has 5 rings (SSSR count). The lowest BCUT2D eigenvalue weighted by molar-refractivity contribution is -0.287. The fraction of sp³-hybridized carbons (Fsp3) is 0.458. The van der Waals surface area contributed by atoms with Gasteiger partial charge in [0.15, 0.2) is 17.3 Å². The van der Waals surface area contributed by atoms with E-state index in [4.69, 9.17) is 18.9 Å². The predicted octanol–water partition coefficient (Wildman–Crippen LogP) is 3.06. The lowest BCUT2D eigenvalue weighted by Gasteiger charge is -2.47. The summed E-state index contributed by atoms with van der Waals surface area (Å²) in [6.45, 7) is 4.17. The summed E-state index contributed by atoms with van der Waals surface area (Å²) in [5.41, 5.74) is 1.33. The molecule has 0 aliphatic carbocycles. The maximum absolute atomic E-state index is 13.0. The minimum Gasteiger partial charge on any atom is -0.486 e. The summed E-state index contributed by atoms with van der Waals surface area (Å²) in [7, 11) is 0. The molecule has 188 valence electrons. The van der Waals surface area contributed by atoms with Gasteiger partial charge in [0.1, 0.15) is 19.0 Å². The van der Waals surface area contributed by atoms with Gasteiger partial charge in [-0.3, -0.25) is 9.69 Å². The second-order valence-corrected chi connectivity index (χ2v) is 8.60. The summed E-state index contributed by atoms with van der Waals surface area (Å²) >= 11 is 0. The minimum absolute atomic E-state index is 0.213. The van der Waals surface area contributed by atoms with Gasteiger partial charge in [-0.1, -0.05) is 6.07 Å². The molecule has 3 heterocycles. The second kappa shape index (κ2) is 9.56. The van der Waals surface area contributed by atoms with Gasteiger partial charge in [-0.2, -0.15) is 0 Å². The van der Waals surface area contributed by atoms with Gasteiger partial charge in [0.05, 0.1) is 26.3 Å². The normalized spacial score (nSPS) is 22.8. The maximum atomic E-state index is 13.0. The van der Waals surface area contributed by atoms with Crippen molar-refractivity contribution in [2.75, 3.05) is 52.6 Å². The van der Waals surface area contributed by atoms with Crippen molar-refractivity contribution in [3.05, 3.63) is 53.6 Å². The molecular formula is C24H25F3N2O6. The van der Waals surface area contributed by atoms with Gasteiger partial charge in [-0.25, -0.2) is 0 Å². The molecule has 3 aliphatic heterocycles. The third kappa shape index (κ3) is 5.63. The largest absolute Gasteiger partial charge is 0.573 e. The number of halogens is 3. The van der Waals surface area contributed by atoms with E-state index in [0.717, 1.165) is 29.2 Å². The molecule has 0 aromatic heterocycles. The summed E-state index contributed by atoms with van der Waals surface area (Å²) in [6.07, 6.45) is -4.79. The summed E-state index contributed by atoms with van der Waals surface area (Å²) < 4.78 is 64.3. The zero-order valence-electron chi connectivity index (χ0n) is 18.9. The number of rotatable bonds is 4. The number of carbonyl (C=O) groups is 1. The Morgan fingerprint density at radius 3 is 2.37 bits per heavy atom. The van der Waals surface area contributed by atoms with E-state index in [1.54, 1.807) is 4.90 Å². The molecule has 2 aromatic carbocycles. The van der Waals surface area contributed by atoms with Gasteiger partial charge >= 0.3 is 6.36 Å². The average molecular weight is 494 g/mol. The fourth-order valence-corrected chi connectivity index (χ4v) is 4.50. The summed E-state index contributed by atoms with van der Waals surface area (Å²) in [5, 5.41) is 0. The van der Waals surface area contributed by atoms with Crippen LogP contribution >= 0.6 is 0 Å². The van der Waals surface area contributed by atoms with Gasteiger partial charge in [0.25, 0.3) is 5.91 Å². The van der Waals surface area contributed by atoms with Crippen molar-refractivity contribution < 1.29 is 41.7 Å². The predicted molar refractivity (Wildman–Crippen MR) is 116 cm³/mol. The van der Waals surface area contributed by atoms with E-state index >= 15 is 0 Å². The smallest absolute Gasteiger partial charge is 0.486 e. The fourth-order valence-electron chi connectivity index (χ4n) is 4.50. The highest BCUT2D eigenvalue weighted by Gasteiger charge is 2.43. The maximum Gasteiger partial charge on any atom is 0.573 e. The lowest BCUT2D eigenvalue weighted by Crippen LogP contribution is -2.62. The van der Waals surface area contributed by atoms with Crippen molar-refractivity contribution in [1.82, 2.24) is 9.80 Å². The zero-order chi connectivity index (χ0) is 24.5. The number of nitrogens with zero attached hydrogens (tertiary/aromatic N) is 2. The Balaban J connectivity index is 1.23. The van der Waals surface area contributed by atoms with Crippen LogP contribution < -0.4 is 14.2 Å². The summed E-state index contributed by atoms with van der Waals surface area (Å²) in [5.74, 6) is -0.189. The third-order valence-corrected chi connectivity index (χ3v) is 6.03. The van der Waals surface area contributed by atoms with Crippen LogP contribution in [0.2, 0.25) is 0 Å². The number of fused-ring (bicyclic) bond motifs is 1. The Morgan fingerprint density at radius 1 is 0.914 bits per heavy atom. The molecule has 2 saturated heterocycles. The highest BCUT2D eigenvalue weighted by Crippen LogP contribution is 2.32. The van der Waals surface area contributed by atoms with E-state index in [-0.39, 0.29) is 23.8 Å². The summed E-state index contributed by atoms with van der Waals surface area (Å²) in [6, 6.07) is 10.8. The minimum atomic E-state index is -4.79. The Labute approximate surface area is 200 Å². The van der Waals surface area contributed by atoms with Gasteiger partial charge in [-0.05, 0) is 42.0 Å². The van der Waals surface area contributed by atoms with E-state index in [2.05, 4.69) is 9.64 Å². The van der Waals surface area contributed by atoms with Crippen LogP contribution in [0, 0.1) is 0 Å². The first-order valence-electron chi connectivity index (χ1n) is 11.3. The quantitative estimate of drug-likeness (QED) is 0.647. The number of morpholine rings is 2. The molecule has 2 aromatic rings. The zero-order valence-corrected chi connectivity index (χ0v) is 18.9. The highest BCUT2D eigenvalue weighted by molar-refractivity contribution is 5.94. The number of ether oxygens (including phenoxy) is 5. The van der Waals surface area contributed by atoms with Gasteiger partial charge < -0.3 is 28.6 Å². The molecule has 1 spiro atoms. The van der Waals surface area contributed by atoms with Crippen LogP contribution in [0.15, 0.2) is 42.5 Å². The molecule has 1 atom stereocenters. The number of hydrogen-bond donors (Lipinski definition) is 0. The van der Waals surface area contributed by atoms with Crippen molar-refractivity contribution >= 4 is 5.91 Å². The van der Waals surface area contributed by atoms with Crippen molar-refractivity contribution in [2.24, 2.45) is 0 Å². The molecule has 35 heavy (non-hydrogen) atoms. The Morgan fingerprint density at radius 2 is 1.63 bits per heavy atom. The van der Waals surface area contributed by atoms with E-state index in [1.807, 2.05) is 18.2 Å². The molecule has 1 unspecified atom stereocenters. The molecule has 1 amide bonds. The van der Waals surface area contributed by atoms with Gasteiger partial charge in [0, 0.05) is 25.2 Å². The average Bonchev–Trinajstić information content (AvgIpc) is 2.83. The van der Waals surface area contributed by atoms with E-state index in [1.165, 1.54) is 12.1 Å². The van der Waals surface area contributed by atoms with Crippen LogP contribution in [0.3, 0.4) is 0 Å². The first-order valence-corrected chi connectivity index (χ1v) is 11.3. The van der Waals surface area contributed by atoms with Crippen molar-refractivity contribution in [1.29, 1.82) is 0 Å². The molecule has 0 saturated carbocycles. The second-order valence-electron chi connectivity index (χ2n) is 8.60. The number of hydrogen-bond acceptors (Lipinski definition) is 7. The molecule has 8 nitrogen and oxygen atoms in total. The molecule has 0 N–H and O–H groups in total. The summed E-state index contributed by atoms with van der Waals surface area (Å²) in [4.78, 5) is 16.9. The van der Waals surface area contributed by atoms with Crippen LogP contribution in [0.5, 0.6) is 17.2 Å². The first-order chi connectivity index (χ1) is 16.8. The van der Waals surface area contributed by atoms with Crippen molar-refractivity contribution in [2.45, 2.75) is 18.7 Å². The highest BCUT2D eigenvalue weighted by atomic mass is 19.4. The Bertz CT molecular complexity index is 1060. The van der Waals surface area contributed by atoms with Crippen LogP contribution in [0.1, 0.15) is 15.9 Å². The Kier molecular flexibility index (Phi) is 6.47. The first kappa shape index (κ1) is 23.7. The monoisotopic (exact) mass is 494 g/mol. The molecule has 0 bridgehead atoms. The van der Waals surface area contributed by atoms with Crippen molar-refractivity contribution in [3.8, 4) is 17.2 Å². The van der Waals surface area contributed by atoms with Crippen LogP contribution in [0.4, 0.5) is 13.2 Å². The van der Waals surface area contributed by atoms with E-state index in [0.29, 0.717) is 52.6 Å². The number of benzene rings is 2. The number of carbonyl (C=O) groups excluding carboxylic acids is 1. The molecule has 11 heteroatoms. The number of alkyl halides is 3. The third-order valence-electron chi connectivity index (χ3n) is 6.03. The molecule has 2 fully saturated rings. The molecule has 3 aliphatic rings. The molecule has 0 radical (unpaired) electrons. The SMILES string of the molecule is O=C(c1ccc(OC(F)(F)F)cc1)N1CCOC2(CN(Cc3ccc4c(c3)OCCO4)CCO2)C1. The van der Waals surface area contributed by atoms with Crippen LogP contribution in [-0.2, 0) is 16.0 Å². The molecular weight excluding hydrogens is 469 g/mol. The number of amides is 1. The van der Waals surface area contributed by atoms with Crippen molar-refractivity contribution in [3.63, 3.8) is 0 Å². The topological polar surface area (TPSA) is 69.7 Å².